The van der Waals surface area contributed by atoms with Crippen LogP contribution >= 0.6 is 0 Å². The summed E-state index contributed by atoms with van der Waals surface area (Å²) in [6, 6.07) is 8.26. The van der Waals surface area contributed by atoms with Crippen LogP contribution in [0.15, 0.2) is 24.3 Å². The molecule has 1 fully saturated rings. The third kappa shape index (κ3) is 4.07. The van der Waals surface area contributed by atoms with Crippen molar-refractivity contribution in [2.45, 2.75) is 39.5 Å². The lowest BCUT2D eigenvalue weighted by molar-refractivity contribution is -0.118. The Morgan fingerprint density at radius 2 is 1.85 bits per heavy atom. The molecule has 110 valence electrons. The maximum Gasteiger partial charge on any atom is 0.228 e. The van der Waals surface area contributed by atoms with Gasteiger partial charge in [0.05, 0.1) is 0 Å². The molecule has 0 unspecified atom stereocenters. The first-order chi connectivity index (χ1) is 9.70. The second-order valence-electron chi connectivity index (χ2n) is 5.68. The number of benzene rings is 1. The van der Waals surface area contributed by atoms with Crippen molar-refractivity contribution in [1.82, 2.24) is 4.90 Å². The van der Waals surface area contributed by atoms with E-state index in [9.17, 15) is 4.79 Å². The Bertz CT molecular complexity index is 421. The van der Waals surface area contributed by atoms with Gasteiger partial charge in [-0.05, 0) is 51.4 Å². The van der Waals surface area contributed by atoms with Crippen LogP contribution in [-0.2, 0) is 4.79 Å². The molecule has 1 heterocycles. The molecule has 1 saturated heterocycles. The van der Waals surface area contributed by atoms with Crippen molar-refractivity contribution >= 4 is 11.6 Å². The highest BCUT2D eigenvalue weighted by Gasteiger charge is 2.17. The van der Waals surface area contributed by atoms with Crippen LogP contribution in [0.5, 0.6) is 0 Å². The SMILES string of the molecule is CCCN(C(=O)CCN1CCCC1)c1ccc(C)cc1. The van der Waals surface area contributed by atoms with Crippen molar-refractivity contribution in [3.8, 4) is 0 Å². The summed E-state index contributed by atoms with van der Waals surface area (Å²) in [5.41, 5.74) is 2.26. The number of anilines is 1. The molecule has 3 heteroatoms. The smallest absolute Gasteiger partial charge is 0.228 e. The van der Waals surface area contributed by atoms with E-state index in [-0.39, 0.29) is 5.91 Å². The van der Waals surface area contributed by atoms with Crippen molar-refractivity contribution in [3.05, 3.63) is 29.8 Å². The van der Waals surface area contributed by atoms with Crippen molar-refractivity contribution < 1.29 is 4.79 Å². The molecular formula is C17H26N2O. The second-order valence-corrected chi connectivity index (χ2v) is 5.68. The summed E-state index contributed by atoms with van der Waals surface area (Å²) in [6.45, 7) is 8.22. The van der Waals surface area contributed by atoms with Gasteiger partial charge in [0.2, 0.25) is 5.91 Å². The minimum absolute atomic E-state index is 0.252. The fraction of sp³-hybridized carbons (Fsp3) is 0.588. The van der Waals surface area contributed by atoms with Crippen LogP contribution in [0.2, 0.25) is 0 Å². The maximum atomic E-state index is 12.5. The van der Waals surface area contributed by atoms with Gasteiger partial charge in [-0.25, -0.2) is 0 Å². The van der Waals surface area contributed by atoms with Gasteiger partial charge < -0.3 is 9.80 Å². The number of rotatable bonds is 6. The van der Waals surface area contributed by atoms with E-state index in [4.69, 9.17) is 0 Å². The minimum Gasteiger partial charge on any atom is -0.312 e. The van der Waals surface area contributed by atoms with Gasteiger partial charge in [-0.2, -0.15) is 0 Å². The van der Waals surface area contributed by atoms with E-state index in [0.29, 0.717) is 6.42 Å². The van der Waals surface area contributed by atoms with Crippen LogP contribution < -0.4 is 4.90 Å². The molecule has 1 aromatic rings. The third-order valence-corrected chi connectivity index (χ3v) is 3.93. The van der Waals surface area contributed by atoms with Crippen LogP contribution in [0.1, 0.15) is 38.2 Å². The van der Waals surface area contributed by atoms with Crippen LogP contribution in [0.3, 0.4) is 0 Å². The van der Waals surface area contributed by atoms with Gasteiger partial charge in [-0.3, -0.25) is 4.79 Å². The van der Waals surface area contributed by atoms with E-state index in [0.717, 1.165) is 38.3 Å². The molecule has 0 aliphatic carbocycles. The van der Waals surface area contributed by atoms with Crippen LogP contribution in [0.25, 0.3) is 0 Å². The highest BCUT2D eigenvalue weighted by Crippen LogP contribution is 2.17. The molecule has 0 radical (unpaired) electrons. The highest BCUT2D eigenvalue weighted by molar-refractivity contribution is 5.93. The molecule has 0 saturated carbocycles. The van der Waals surface area contributed by atoms with E-state index >= 15 is 0 Å². The summed E-state index contributed by atoms with van der Waals surface area (Å²) in [6.07, 6.45) is 4.19. The van der Waals surface area contributed by atoms with E-state index < -0.39 is 0 Å². The van der Waals surface area contributed by atoms with Crippen LogP contribution in [-0.4, -0.2) is 37.0 Å². The monoisotopic (exact) mass is 274 g/mol. The zero-order chi connectivity index (χ0) is 14.4. The molecule has 0 aromatic heterocycles. The topological polar surface area (TPSA) is 23.6 Å². The molecule has 0 N–H and O–H groups in total. The molecular weight excluding hydrogens is 248 g/mol. The standard InChI is InChI=1S/C17H26N2O/c1-3-11-19(16-8-6-15(2)7-9-16)17(20)10-14-18-12-4-5-13-18/h6-9H,3-5,10-14H2,1-2H3. The molecule has 2 rings (SSSR count). The molecule has 3 nitrogen and oxygen atoms in total. The van der Waals surface area contributed by atoms with Gasteiger partial charge in [-0.15, -0.1) is 0 Å². The van der Waals surface area contributed by atoms with Gasteiger partial charge >= 0.3 is 0 Å². The average Bonchev–Trinajstić information content (AvgIpc) is 2.97. The fourth-order valence-electron chi connectivity index (χ4n) is 2.74. The maximum absolute atomic E-state index is 12.5. The number of carbonyl (C=O) groups is 1. The van der Waals surface area contributed by atoms with Gasteiger partial charge in [0.25, 0.3) is 0 Å². The Labute approximate surface area is 122 Å². The first-order valence-electron chi connectivity index (χ1n) is 7.80. The lowest BCUT2D eigenvalue weighted by Crippen LogP contribution is -2.34. The van der Waals surface area contributed by atoms with Gasteiger partial charge in [0.1, 0.15) is 0 Å². The van der Waals surface area contributed by atoms with E-state index in [2.05, 4.69) is 43.0 Å². The normalized spacial score (nSPS) is 15.5. The number of carbonyl (C=O) groups excluding carboxylic acids is 1. The lowest BCUT2D eigenvalue weighted by atomic mass is 10.2. The molecule has 20 heavy (non-hydrogen) atoms. The summed E-state index contributed by atoms with van der Waals surface area (Å²) >= 11 is 0. The third-order valence-electron chi connectivity index (χ3n) is 3.93. The van der Waals surface area contributed by atoms with E-state index in [1.54, 1.807) is 0 Å². The zero-order valence-electron chi connectivity index (χ0n) is 12.8. The van der Waals surface area contributed by atoms with Crippen LogP contribution in [0, 0.1) is 6.92 Å². The number of nitrogens with zero attached hydrogens (tertiary/aromatic N) is 2. The molecule has 1 amide bonds. The summed E-state index contributed by atoms with van der Waals surface area (Å²) < 4.78 is 0. The lowest BCUT2D eigenvalue weighted by Gasteiger charge is -2.24. The summed E-state index contributed by atoms with van der Waals surface area (Å²) in [4.78, 5) is 16.8. The van der Waals surface area contributed by atoms with Gasteiger partial charge in [0, 0.05) is 25.2 Å². The largest absolute Gasteiger partial charge is 0.312 e. The van der Waals surface area contributed by atoms with Crippen molar-refractivity contribution in [3.63, 3.8) is 0 Å². The minimum atomic E-state index is 0.252. The molecule has 1 aliphatic rings. The second kappa shape index (κ2) is 7.44. The Hall–Kier alpha value is -1.35. The first-order valence-corrected chi connectivity index (χ1v) is 7.80. The Morgan fingerprint density at radius 1 is 1.20 bits per heavy atom. The predicted molar refractivity (Wildman–Crippen MR) is 84.1 cm³/mol. The van der Waals surface area contributed by atoms with E-state index in [1.165, 1.54) is 18.4 Å². The number of amides is 1. The highest BCUT2D eigenvalue weighted by atomic mass is 16.2. The predicted octanol–water partition coefficient (Wildman–Crippen LogP) is 3.22. The number of hydrogen-bond acceptors (Lipinski definition) is 2. The van der Waals surface area contributed by atoms with Crippen LogP contribution in [0.4, 0.5) is 5.69 Å². The Balaban J connectivity index is 1.95. The first kappa shape index (κ1) is 15.0. The van der Waals surface area contributed by atoms with Gasteiger partial charge in [0.15, 0.2) is 0 Å². The molecule has 0 bridgehead atoms. The summed E-state index contributed by atoms with van der Waals surface area (Å²) in [7, 11) is 0. The molecule has 1 aromatic carbocycles. The van der Waals surface area contributed by atoms with Gasteiger partial charge in [-0.1, -0.05) is 24.6 Å². The molecule has 0 spiro atoms. The van der Waals surface area contributed by atoms with Crippen molar-refractivity contribution in [2.24, 2.45) is 0 Å². The average molecular weight is 274 g/mol. The Morgan fingerprint density at radius 3 is 2.45 bits per heavy atom. The van der Waals surface area contributed by atoms with Crippen molar-refractivity contribution in [1.29, 1.82) is 0 Å². The summed E-state index contributed by atoms with van der Waals surface area (Å²) in [5.74, 6) is 0.252. The quantitative estimate of drug-likeness (QED) is 0.795. The molecule has 1 aliphatic heterocycles. The Kier molecular flexibility index (Phi) is 5.60. The van der Waals surface area contributed by atoms with Crippen molar-refractivity contribution in [2.75, 3.05) is 31.1 Å². The number of hydrogen-bond donors (Lipinski definition) is 0. The summed E-state index contributed by atoms with van der Waals surface area (Å²) in [5, 5.41) is 0. The molecule has 0 atom stereocenters. The number of aryl methyl sites for hydroxylation is 1. The zero-order valence-corrected chi connectivity index (χ0v) is 12.8. The van der Waals surface area contributed by atoms with E-state index in [1.807, 2.05) is 4.90 Å². The fourth-order valence-corrected chi connectivity index (χ4v) is 2.74. The number of likely N-dealkylation sites (tertiary alicyclic amines) is 1.